The molecule has 0 saturated carbocycles. The second kappa shape index (κ2) is 4.48. The van der Waals surface area contributed by atoms with Crippen LogP contribution in [0.3, 0.4) is 0 Å². The Hall–Kier alpha value is -0.980. The average Bonchev–Trinajstić information content (AvgIpc) is 2.67. The number of ether oxygens (including phenoxy) is 1. The minimum absolute atomic E-state index is 0.549. The summed E-state index contributed by atoms with van der Waals surface area (Å²) in [6.45, 7) is 7.74. The zero-order valence-electron chi connectivity index (χ0n) is 9.77. The Balaban J connectivity index is 1.97. The maximum atomic E-state index is 5.88. The van der Waals surface area contributed by atoms with Gasteiger partial charge in [-0.15, -0.1) is 0 Å². The molecule has 0 aliphatic carbocycles. The zero-order valence-corrected chi connectivity index (χ0v) is 9.77. The summed E-state index contributed by atoms with van der Waals surface area (Å²) in [5, 5.41) is 3.88. The third-order valence-electron chi connectivity index (χ3n) is 2.51. The van der Waals surface area contributed by atoms with Crippen LogP contribution >= 0.6 is 0 Å². The van der Waals surface area contributed by atoms with Crippen LogP contribution in [-0.4, -0.2) is 41.3 Å². The van der Waals surface area contributed by atoms with Gasteiger partial charge in [-0.2, -0.15) is 4.98 Å². The van der Waals surface area contributed by atoms with E-state index in [0.29, 0.717) is 18.3 Å². The fraction of sp³-hybridized carbons (Fsp3) is 0.800. The lowest BCUT2D eigenvalue weighted by Crippen LogP contribution is -2.35. The molecular weight excluding hydrogens is 208 g/mol. The third-order valence-corrected chi connectivity index (χ3v) is 2.51. The molecule has 90 valence electrons. The van der Waals surface area contributed by atoms with Crippen LogP contribution in [0.2, 0.25) is 0 Å². The Morgan fingerprint density at radius 1 is 1.38 bits per heavy atom. The second-order valence-corrected chi connectivity index (χ2v) is 4.62. The molecule has 0 radical (unpaired) electrons. The van der Waals surface area contributed by atoms with Gasteiger partial charge in [0.05, 0.1) is 25.3 Å². The summed E-state index contributed by atoms with van der Waals surface area (Å²) in [7, 11) is 0. The monoisotopic (exact) mass is 226 g/mol. The maximum Gasteiger partial charge on any atom is 0.240 e. The first-order valence-corrected chi connectivity index (χ1v) is 5.48. The summed E-state index contributed by atoms with van der Waals surface area (Å²) in [6, 6.07) is 0. The van der Waals surface area contributed by atoms with E-state index < -0.39 is 5.54 Å². The quantitative estimate of drug-likeness (QED) is 0.787. The Kier molecular flexibility index (Phi) is 3.22. The highest BCUT2D eigenvalue weighted by molar-refractivity contribution is 4.99. The van der Waals surface area contributed by atoms with Crippen molar-refractivity contribution in [2.75, 3.05) is 26.3 Å². The van der Waals surface area contributed by atoms with Gasteiger partial charge >= 0.3 is 0 Å². The van der Waals surface area contributed by atoms with Crippen LogP contribution in [0.15, 0.2) is 4.52 Å². The van der Waals surface area contributed by atoms with Crippen molar-refractivity contribution >= 4 is 0 Å². The molecule has 0 aromatic carbocycles. The van der Waals surface area contributed by atoms with Gasteiger partial charge in [0.25, 0.3) is 0 Å². The molecule has 6 heteroatoms. The molecule has 0 unspecified atom stereocenters. The number of morpholine rings is 1. The molecule has 0 spiro atoms. The molecule has 0 atom stereocenters. The first-order chi connectivity index (χ1) is 7.55. The van der Waals surface area contributed by atoms with Gasteiger partial charge in [-0.3, -0.25) is 4.90 Å². The van der Waals surface area contributed by atoms with Crippen molar-refractivity contribution in [3.05, 3.63) is 11.7 Å². The molecule has 2 N–H and O–H groups in total. The van der Waals surface area contributed by atoms with Crippen LogP contribution in [0.1, 0.15) is 25.6 Å². The Labute approximate surface area is 94.7 Å². The summed E-state index contributed by atoms with van der Waals surface area (Å²) in [6.07, 6.45) is 0. The van der Waals surface area contributed by atoms with Gasteiger partial charge in [0.2, 0.25) is 5.89 Å². The minimum Gasteiger partial charge on any atom is -0.379 e. The standard InChI is InChI=1S/C10H18N4O2/c1-10(2,11)9-12-8(16-13-9)7-14-3-5-15-6-4-14/h3-7,11H2,1-2H3. The number of aromatic nitrogens is 2. The molecule has 1 fully saturated rings. The van der Waals surface area contributed by atoms with E-state index in [1.165, 1.54) is 0 Å². The lowest BCUT2D eigenvalue weighted by Gasteiger charge is -2.24. The SMILES string of the molecule is CC(C)(N)c1noc(CN2CCOCC2)n1. The van der Waals surface area contributed by atoms with E-state index in [0.717, 1.165) is 26.3 Å². The normalized spacial score (nSPS) is 18.9. The minimum atomic E-state index is -0.549. The summed E-state index contributed by atoms with van der Waals surface area (Å²) >= 11 is 0. The van der Waals surface area contributed by atoms with E-state index in [-0.39, 0.29) is 0 Å². The van der Waals surface area contributed by atoms with Crippen LogP contribution < -0.4 is 5.73 Å². The molecule has 1 saturated heterocycles. The first kappa shape index (κ1) is 11.5. The predicted molar refractivity (Wildman–Crippen MR) is 57.6 cm³/mol. The highest BCUT2D eigenvalue weighted by Crippen LogP contribution is 2.13. The highest BCUT2D eigenvalue weighted by atomic mass is 16.5. The van der Waals surface area contributed by atoms with Crippen LogP contribution in [0.5, 0.6) is 0 Å². The van der Waals surface area contributed by atoms with Crippen LogP contribution in [0, 0.1) is 0 Å². The van der Waals surface area contributed by atoms with E-state index in [4.69, 9.17) is 15.0 Å². The topological polar surface area (TPSA) is 77.4 Å². The van der Waals surface area contributed by atoms with Crippen LogP contribution in [-0.2, 0) is 16.8 Å². The second-order valence-electron chi connectivity index (χ2n) is 4.62. The third kappa shape index (κ3) is 2.78. The van der Waals surface area contributed by atoms with Crippen molar-refractivity contribution in [1.82, 2.24) is 15.0 Å². The fourth-order valence-electron chi connectivity index (χ4n) is 1.53. The zero-order chi connectivity index (χ0) is 11.6. The van der Waals surface area contributed by atoms with Gasteiger partial charge in [-0.25, -0.2) is 0 Å². The largest absolute Gasteiger partial charge is 0.379 e. The molecule has 2 rings (SSSR count). The van der Waals surface area contributed by atoms with Crippen molar-refractivity contribution < 1.29 is 9.26 Å². The van der Waals surface area contributed by atoms with Gasteiger partial charge in [0, 0.05) is 13.1 Å². The number of hydrogen-bond donors (Lipinski definition) is 1. The molecule has 0 amide bonds. The van der Waals surface area contributed by atoms with Crippen molar-refractivity contribution in [2.45, 2.75) is 25.9 Å². The van der Waals surface area contributed by atoms with Gasteiger partial charge in [-0.1, -0.05) is 5.16 Å². The molecule has 2 heterocycles. The van der Waals surface area contributed by atoms with Crippen molar-refractivity contribution in [3.8, 4) is 0 Å². The molecule has 1 aliphatic heterocycles. The first-order valence-electron chi connectivity index (χ1n) is 5.48. The summed E-state index contributed by atoms with van der Waals surface area (Å²) in [5.41, 5.74) is 5.34. The van der Waals surface area contributed by atoms with E-state index >= 15 is 0 Å². The van der Waals surface area contributed by atoms with Gasteiger partial charge in [-0.05, 0) is 13.8 Å². The number of hydrogen-bond acceptors (Lipinski definition) is 6. The molecule has 6 nitrogen and oxygen atoms in total. The van der Waals surface area contributed by atoms with Gasteiger partial charge in [0.15, 0.2) is 5.82 Å². The van der Waals surface area contributed by atoms with E-state index in [2.05, 4.69) is 15.0 Å². The van der Waals surface area contributed by atoms with Crippen LogP contribution in [0.25, 0.3) is 0 Å². The van der Waals surface area contributed by atoms with E-state index in [9.17, 15) is 0 Å². The van der Waals surface area contributed by atoms with Crippen molar-refractivity contribution in [2.24, 2.45) is 5.73 Å². The van der Waals surface area contributed by atoms with Gasteiger partial charge < -0.3 is 15.0 Å². The summed E-state index contributed by atoms with van der Waals surface area (Å²) in [4.78, 5) is 6.52. The molecule has 0 bridgehead atoms. The number of nitrogens with two attached hydrogens (primary N) is 1. The van der Waals surface area contributed by atoms with E-state index in [1.807, 2.05) is 13.8 Å². The summed E-state index contributed by atoms with van der Waals surface area (Å²) < 4.78 is 10.4. The predicted octanol–water partition coefficient (Wildman–Crippen LogP) is 0.0956. The van der Waals surface area contributed by atoms with E-state index in [1.54, 1.807) is 0 Å². The Morgan fingerprint density at radius 3 is 2.62 bits per heavy atom. The lowest BCUT2D eigenvalue weighted by atomic mass is 10.1. The van der Waals surface area contributed by atoms with Crippen molar-refractivity contribution in [3.63, 3.8) is 0 Å². The molecular formula is C10H18N4O2. The maximum absolute atomic E-state index is 5.88. The Morgan fingerprint density at radius 2 is 2.06 bits per heavy atom. The molecule has 1 aromatic rings. The molecule has 16 heavy (non-hydrogen) atoms. The van der Waals surface area contributed by atoms with Crippen LogP contribution in [0.4, 0.5) is 0 Å². The number of rotatable bonds is 3. The smallest absolute Gasteiger partial charge is 0.240 e. The Bertz CT molecular complexity index is 339. The number of nitrogens with zero attached hydrogens (tertiary/aromatic N) is 3. The van der Waals surface area contributed by atoms with Crippen molar-refractivity contribution in [1.29, 1.82) is 0 Å². The summed E-state index contributed by atoms with van der Waals surface area (Å²) in [5.74, 6) is 1.17. The highest BCUT2D eigenvalue weighted by Gasteiger charge is 2.22. The molecule has 1 aliphatic rings. The average molecular weight is 226 g/mol. The van der Waals surface area contributed by atoms with Gasteiger partial charge in [0.1, 0.15) is 0 Å². The fourth-order valence-corrected chi connectivity index (χ4v) is 1.53. The molecule has 1 aromatic heterocycles. The lowest BCUT2D eigenvalue weighted by molar-refractivity contribution is 0.0297.